The van der Waals surface area contributed by atoms with Gasteiger partial charge in [-0.05, 0) is 64.4 Å². The lowest BCUT2D eigenvalue weighted by Gasteiger charge is -2.31. The van der Waals surface area contributed by atoms with Crippen LogP contribution in [0, 0.1) is 19.7 Å². The van der Waals surface area contributed by atoms with E-state index >= 15 is 0 Å². The SMILES string of the molecule is Cc1nn(-c2ccc(F)cc2)c(C)c1CNCC(C)(C)NC(C)c1ccccc1. The van der Waals surface area contributed by atoms with Gasteiger partial charge >= 0.3 is 0 Å². The maximum Gasteiger partial charge on any atom is 0.123 e. The zero-order valence-electron chi connectivity index (χ0n) is 18.0. The number of nitrogens with zero attached hydrogens (tertiary/aromatic N) is 2. The maximum atomic E-state index is 13.2. The third kappa shape index (κ3) is 5.31. The molecule has 0 bridgehead atoms. The predicted octanol–water partition coefficient (Wildman–Crippen LogP) is 4.85. The number of aromatic nitrogens is 2. The summed E-state index contributed by atoms with van der Waals surface area (Å²) in [6.45, 7) is 12.3. The first-order valence-corrected chi connectivity index (χ1v) is 10.1. The zero-order chi connectivity index (χ0) is 21.0. The van der Waals surface area contributed by atoms with Crippen LogP contribution in [-0.4, -0.2) is 21.9 Å². The van der Waals surface area contributed by atoms with E-state index in [0.717, 1.165) is 30.2 Å². The van der Waals surface area contributed by atoms with Crippen LogP contribution in [0.25, 0.3) is 5.69 Å². The summed E-state index contributed by atoms with van der Waals surface area (Å²) in [5.41, 5.74) is 5.34. The van der Waals surface area contributed by atoms with E-state index in [1.165, 1.54) is 23.3 Å². The van der Waals surface area contributed by atoms with Gasteiger partial charge < -0.3 is 10.6 Å². The van der Waals surface area contributed by atoms with Crippen molar-refractivity contribution in [1.82, 2.24) is 20.4 Å². The quantitative estimate of drug-likeness (QED) is 0.574. The van der Waals surface area contributed by atoms with Crippen molar-refractivity contribution < 1.29 is 4.39 Å². The standard InChI is InChI=1S/C24H31FN4/c1-17(20-9-7-6-8-10-20)27-24(4,5)16-26-15-23-18(2)28-29(19(23)3)22-13-11-21(25)12-14-22/h6-14,17,26-27H,15-16H2,1-5H3. The average Bonchev–Trinajstić information content (AvgIpc) is 2.97. The minimum Gasteiger partial charge on any atom is -0.311 e. The number of halogens is 1. The monoisotopic (exact) mass is 394 g/mol. The molecule has 0 spiro atoms. The van der Waals surface area contributed by atoms with Crippen molar-refractivity contribution in [1.29, 1.82) is 0 Å². The molecule has 0 aliphatic heterocycles. The molecule has 29 heavy (non-hydrogen) atoms. The molecule has 0 saturated carbocycles. The smallest absolute Gasteiger partial charge is 0.123 e. The fourth-order valence-corrected chi connectivity index (χ4v) is 3.73. The lowest BCUT2D eigenvalue weighted by Crippen LogP contribution is -2.48. The highest BCUT2D eigenvalue weighted by Crippen LogP contribution is 2.19. The lowest BCUT2D eigenvalue weighted by atomic mass is 10.0. The van der Waals surface area contributed by atoms with Gasteiger partial charge in [-0.15, -0.1) is 0 Å². The molecular formula is C24H31FN4. The minimum absolute atomic E-state index is 0.0655. The molecule has 154 valence electrons. The van der Waals surface area contributed by atoms with Crippen molar-refractivity contribution in [2.75, 3.05) is 6.54 Å². The van der Waals surface area contributed by atoms with E-state index in [-0.39, 0.29) is 17.4 Å². The fourth-order valence-electron chi connectivity index (χ4n) is 3.73. The van der Waals surface area contributed by atoms with Gasteiger partial charge in [-0.2, -0.15) is 5.10 Å². The van der Waals surface area contributed by atoms with Gasteiger partial charge in [0, 0.05) is 35.9 Å². The normalized spacial score (nSPS) is 12.9. The molecule has 1 aromatic heterocycles. The van der Waals surface area contributed by atoms with E-state index < -0.39 is 0 Å². The maximum absolute atomic E-state index is 13.2. The number of nitrogens with one attached hydrogen (secondary N) is 2. The van der Waals surface area contributed by atoms with Crippen molar-refractivity contribution in [2.24, 2.45) is 0 Å². The Morgan fingerprint density at radius 1 is 1.03 bits per heavy atom. The summed E-state index contributed by atoms with van der Waals surface area (Å²) in [4.78, 5) is 0. The van der Waals surface area contributed by atoms with Crippen molar-refractivity contribution in [3.63, 3.8) is 0 Å². The first kappa shape index (κ1) is 21.2. The van der Waals surface area contributed by atoms with Crippen LogP contribution in [0.4, 0.5) is 4.39 Å². The minimum atomic E-state index is -0.239. The second-order valence-electron chi connectivity index (χ2n) is 8.30. The lowest BCUT2D eigenvalue weighted by molar-refractivity contribution is 0.330. The van der Waals surface area contributed by atoms with Gasteiger partial charge in [0.15, 0.2) is 0 Å². The van der Waals surface area contributed by atoms with Gasteiger partial charge in [0.1, 0.15) is 5.82 Å². The van der Waals surface area contributed by atoms with Gasteiger partial charge in [-0.1, -0.05) is 30.3 Å². The topological polar surface area (TPSA) is 41.9 Å². The molecule has 3 rings (SSSR count). The molecule has 0 aliphatic carbocycles. The summed E-state index contributed by atoms with van der Waals surface area (Å²) in [5, 5.41) is 11.9. The highest BCUT2D eigenvalue weighted by atomic mass is 19.1. The molecule has 1 atom stereocenters. The molecule has 0 saturated heterocycles. The Morgan fingerprint density at radius 2 is 1.69 bits per heavy atom. The second kappa shape index (κ2) is 8.89. The van der Waals surface area contributed by atoms with Crippen molar-refractivity contribution in [3.05, 3.63) is 82.9 Å². The Labute approximate surface area is 173 Å². The molecule has 0 amide bonds. The first-order valence-electron chi connectivity index (χ1n) is 10.1. The third-order valence-corrected chi connectivity index (χ3v) is 5.29. The van der Waals surface area contributed by atoms with Crippen LogP contribution in [0.15, 0.2) is 54.6 Å². The number of hydrogen-bond donors (Lipinski definition) is 2. The van der Waals surface area contributed by atoms with Gasteiger partial charge in [0.25, 0.3) is 0 Å². The second-order valence-corrected chi connectivity index (χ2v) is 8.30. The molecule has 1 heterocycles. The number of rotatable bonds is 8. The summed E-state index contributed by atoms with van der Waals surface area (Å²) in [6.07, 6.45) is 0. The number of aryl methyl sites for hydroxylation is 1. The third-order valence-electron chi connectivity index (χ3n) is 5.29. The van der Waals surface area contributed by atoms with E-state index in [2.05, 4.69) is 67.7 Å². The molecule has 0 fully saturated rings. The average molecular weight is 395 g/mol. The highest BCUT2D eigenvalue weighted by molar-refractivity contribution is 5.37. The Hall–Kier alpha value is -2.50. The molecule has 4 nitrogen and oxygen atoms in total. The Bertz CT molecular complexity index is 930. The Balaban J connectivity index is 1.62. The number of benzene rings is 2. The predicted molar refractivity (Wildman–Crippen MR) is 117 cm³/mol. The summed E-state index contributed by atoms with van der Waals surface area (Å²) in [6, 6.07) is 17.2. The van der Waals surface area contributed by atoms with Gasteiger partial charge in [0.05, 0.1) is 11.4 Å². The van der Waals surface area contributed by atoms with Gasteiger partial charge in [-0.3, -0.25) is 0 Å². The molecule has 5 heteroatoms. The molecule has 0 radical (unpaired) electrons. The molecule has 1 unspecified atom stereocenters. The van der Waals surface area contributed by atoms with Crippen LogP contribution in [0.2, 0.25) is 0 Å². The largest absolute Gasteiger partial charge is 0.311 e. The molecular weight excluding hydrogens is 363 g/mol. The van der Waals surface area contributed by atoms with E-state index in [1.54, 1.807) is 12.1 Å². The fraction of sp³-hybridized carbons (Fsp3) is 0.375. The van der Waals surface area contributed by atoms with Gasteiger partial charge in [-0.25, -0.2) is 9.07 Å². The van der Waals surface area contributed by atoms with Gasteiger partial charge in [0.2, 0.25) is 0 Å². The molecule has 2 N–H and O–H groups in total. The molecule has 3 aromatic rings. The van der Waals surface area contributed by atoms with Crippen molar-refractivity contribution in [3.8, 4) is 5.69 Å². The van der Waals surface area contributed by atoms with Crippen LogP contribution >= 0.6 is 0 Å². The van der Waals surface area contributed by atoms with E-state index in [4.69, 9.17) is 0 Å². The van der Waals surface area contributed by atoms with Crippen LogP contribution in [0.1, 0.15) is 49.3 Å². The number of hydrogen-bond acceptors (Lipinski definition) is 3. The van der Waals surface area contributed by atoms with Crippen molar-refractivity contribution in [2.45, 2.75) is 52.7 Å². The van der Waals surface area contributed by atoms with Crippen molar-refractivity contribution >= 4 is 0 Å². The first-order chi connectivity index (χ1) is 13.8. The summed E-state index contributed by atoms with van der Waals surface area (Å²) < 4.78 is 15.1. The van der Waals surface area contributed by atoms with E-state index in [0.29, 0.717) is 0 Å². The van der Waals surface area contributed by atoms with Crippen LogP contribution in [0.3, 0.4) is 0 Å². The van der Waals surface area contributed by atoms with Crippen LogP contribution < -0.4 is 10.6 Å². The molecule has 2 aromatic carbocycles. The zero-order valence-corrected chi connectivity index (χ0v) is 18.0. The van der Waals surface area contributed by atoms with Crippen LogP contribution in [-0.2, 0) is 6.54 Å². The highest BCUT2D eigenvalue weighted by Gasteiger charge is 2.21. The van der Waals surface area contributed by atoms with E-state index in [9.17, 15) is 4.39 Å². The van der Waals surface area contributed by atoms with E-state index in [1.807, 2.05) is 17.7 Å². The Kier molecular flexibility index (Phi) is 6.50. The van der Waals surface area contributed by atoms with Crippen LogP contribution in [0.5, 0.6) is 0 Å². The summed E-state index contributed by atoms with van der Waals surface area (Å²) >= 11 is 0. The molecule has 0 aliphatic rings. The Morgan fingerprint density at radius 3 is 2.34 bits per heavy atom. The summed E-state index contributed by atoms with van der Waals surface area (Å²) in [7, 11) is 0. The summed E-state index contributed by atoms with van der Waals surface area (Å²) in [5.74, 6) is -0.239.